The molecule has 0 unspecified atom stereocenters. The number of halogens is 2. The summed E-state index contributed by atoms with van der Waals surface area (Å²) in [5.74, 6) is 0. The third-order valence-electron chi connectivity index (χ3n) is 2.54. The Bertz CT molecular complexity index is 493. The average molecular weight is 274 g/mol. The first-order valence-electron chi connectivity index (χ1n) is 5.50. The van der Waals surface area contributed by atoms with Crippen molar-refractivity contribution in [3.63, 3.8) is 0 Å². The van der Waals surface area contributed by atoms with Gasteiger partial charge in [0.2, 0.25) is 0 Å². The fraction of sp³-hybridized carbons (Fsp3) is 0.455. The van der Waals surface area contributed by atoms with E-state index in [0.717, 1.165) is 16.9 Å². The average Bonchev–Trinajstić information content (AvgIpc) is 2.83. The van der Waals surface area contributed by atoms with Crippen LogP contribution in [0.1, 0.15) is 11.3 Å². The highest BCUT2D eigenvalue weighted by Gasteiger charge is 2.03. The van der Waals surface area contributed by atoms with Crippen molar-refractivity contribution in [1.82, 2.24) is 19.6 Å². The lowest BCUT2D eigenvalue weighted by Crippen LogP contribution is -2.00. The molecule has 0 aliphatic heterocycles. The van der Waals surface area contributed by atoms with Gasteiger partial charge in [-0.3, -0.25) is 9.36 Å². The van der Waals surface area contributed by atoms with Crippen LogP contribution in [0.5, 0.6) is 0 Å². The van der Waals surface area contributed by atoms with Crippen molar-refractivity contribution in [2.45, 2.75) is 20.0 Å². The number of rotatable bonds is 5. The van der Waals surface area contributed by atoms with Crippen molar-refractivity contribution in [3.8, 4) is 0 Å². The predicted octanol–water partition coefficient (Wildman–Crippen LogP) is 1.93. The van der Waals surface area contributed by atoms with E-state index in [9.17, 15) is 4.39 Å². The van der Waals surface area contributed by atoms with E-state index >= 15 is 0 Å². The zero-order valence-electron chi connectivity index (χ0n) is 10.4. The maximum atomic E-state index is 12.1. The van der Waals surface area contributed by atoms with E-state index < -0.39 is 6.67 Å². The second-order valence-corrected chi connectivity index (χ2v) is 3.95. The maximum Gasteiger partial charge on any atom is 0.109 e. The van der Waals surface area contributed by atoms with Gasteiger partial charge in [0.1, 0.15) is 6.67 Å². The SMILES string of the molecule is Cc1nn(C)cc1CNc1cnn(CCF)c1.Cl. The molecule has 2 rings (SSSR count). The Labute approximate surface area is 111 Å². The van der Waals surface area contributed by atoms with Gasteiger partial charge in [-0.05, 0) is 6.92 Å². The molecule has 0 saturated carbocycles. The number of hydrogen-bond acceptors (Lipinski definition) is 3. The van der Waals surface area contributed by atoms with Gasteiger partial charge in [0.15, 0.2) is 0 Å². The molecule has 0 fully saturated rings. The summed E-state index contributed by atoms with van der Waals surface area (Å²) in [5.41, 5.74) is 3.04. The molecular formula is C11H17ClFN5. The van der Waals surface area contributed by atoms with E-state index in [1.807, 2.05) is 20.2 Å². The van der Waals surface area contributed by atoms with Gasteiger partial charge in [0.25, 0.3) is 0 Å². The van der Waals surface area contributed by atoms with Crippen LogP contribution in [-0.2, 0) is 20.1 Å². The van der Waals surface area contributed by atoms with E-state index in [-0.39, 0.29) is 12.4 Å². The Balaban J connectivity index is 0.00000162. The van der Waals surface area contributed by atoms with Gasteiger partial charge < -0.3 is 5.32 Å². The summed E-state index contributed by atoms with van der Waals surface area (Å²) in [4.78, 5) is 0. The van der Waals surface area contributed by atoms with Gasteiger partial charge in [-0.1, -0.05) is 0 Å². The number of anilines is 1. The minimum atomic E-state index is -0.400. The van der Waals surface area contributed by atoms with Gasteiger partial charge in [-0.15, -0.1) is 12.4 Å². The quantitative estimate of drug-likeness (QED) is 0.906. The van der Waals surface area contributed by atoms with Crippen molar-refractivity contribution in [3.05, 3.63) is 29.8 Å². The lowest BCUT2D eigenvalue weighted by atomic mass is 10.2. The fourth-order valence-electron chi connectivity index (χ4n) is 1.68. The summed E-state index contributed by atoms with van der Waals surface area (Å²) in [6.07, 6.45) is 5.47. The summed E-state index contributed by atoms with van der Waals surface area (Å²) in [7, 11) is 1.90. The number of aryl methyl sites for hydroxylation is 3. The van der Waals surface area contributed by atoms with E-state index in [0.29, 0.717) is 13.1 Å². The molecule has 7 heteroatoms. The van der Waals surface area contributed by atoms with Crippen LogP contribution in [0.2, 0.25) is 0 Å². The predicted molar refractivity (Wildman–Crippen MR) is 70.7 cm³/mol. The zero-order valence-corrected chi connectivity index (χ0v) is 11.2. The van der Waals surface area contributed by atoms with E-state index in [2.05, 4.69) is 15.5 Å². The van der Waals surface area contributed by atoms with E-state index in [1.165, 1.54) is 0 Å². The first-order chi connectivity index (χ1) is 8.19. The van der Waals surface area contributed by atoms with Crippen LogP contribution in [0.15, 0.2) is 18.6 Å². The first-order valence-corrected chi connectivity index (χ1v) is 5.50. The molecule has 0 atom stereocenters. The third kappa shape index (κ3) is 3.46. The molecule has 0 aromatic carbocycles. The minimum Gasteiger partial charge on any atom is -0.378 e. The standard InChI is InChI=1S/C11H16FN5.ClH/c1-9-10(7-16(2)15-9)5-13-11-6-14-17(8-11)4-3-12;/h6-8,13H,3-5H2,1-2H3;1H. The zero-order chi connectivity index (χ0) is 12.3. The fourth-order valence-corrected chi connectivity index (χ4v) is 1.68. The molecule has 2 aromatic rings. The van der Waals surface area contributed by atoms with Crippen molar-refractivity contribution < 1.29 is 4.39 Å². The molecule has 0 bridgehead atoms. The van der Waals surface area contributed by atoms with Crippen LogP contribution in [0, 0.1) is 6.92 Å². The topological polar surface area (TPSA) is 47.7 Å². The summed E-state index contributed by atoms with van der Waals surface area (Å²) in [6, 6.07) is 0. The highest BCUT2D eigenvalue weighted by atomic mass is 35.5. The lowest BCUT2D eigenvalue weighted by molar-refractivity contribution is 0.427. The maximum absolute atomic E-state index is 12.1. The van der Waals surface area contributed by atoms with Crippen LogP contribution in [0.4, 0.5) is 10.1 Å². The first kappa shape index (κ1) is 14.5. The normalized spacial score (nSPS) is 10.2. The molecule has 0 saturated heterocycles. The molecular weight excluding hydrogens is 257 g/mol. The van der Waals surface area contributed by atoms with Crippen molar-refractivity contribution in [2.24, 2.45) is 7.05 Å². The Hall–Kier alpha value is -1.56. The number of alkyl halides is 1. The number of nitrogens with one attached hydrogen (secondary N) is 1. The summed E-state index contributed by atoms with van der Waals surface area (Å²) in [5, 5.41) is 11.5. The van der Waals surface area contributed by atoms with E-state index in [4.69, 9.17) is 0 Å². The van der Waals surface area contributed by atoms with Crippen LogP contribution < -0.4 is 5.32 Å². The van der Waals surface area contributed by atoms with Crippen molar-refractivity contribution in [2.75, 3.05) is 12.0 Å². The molecule has 1 N–H and O–H groups in total. The van der Waals surface area contributed by atoms with Gasteiger partial charge >= 0.3 is 0 Å². The molecule has 18 heavy (non-hydrogen) atoms. The molecule has 0 spiro atoms. The van der Waals surface area contributed by atoms with Crippen LogP contribution in [0.25, 0.3) is 0 Å². The Morgan fingerprint density at radius 2 is 2.17 bits per heavy atom. The van der Waals surface area contributed by atoms with Crippen LogP contribution in [-0.4, -0.2) is 26.2 Å². The Morgan fingerprint density at radius 1 is 1.39 bits per heavy atom. The monoisotopic (exact) mass is 273 g/mol. The van der Waals surface area contributed by atoms with Crippen molar-refractivity contribution >= 4 is 18.1 Å². The van der Waals surface area contributed by atoms with Gasteiger partial charge in [-0.25, -0.2) is 4.39 Å². The van der Waals surface area contributed by atoms with Crippen LogP contribution in [0.3, 0.4) is 0 Å². The van der Waals surface area contributed by atoms with Crippen LogP contribution >= 0.6 is 12.4 Å². The third-order valence-corrected chi connectivity index (χ3v) is 2.54. The second kappa shape index (κ2) is 6.39. The number of hydrogen-bond donors (Lipinski definition) is 1. The van der Waals surface area contributed by atoms with Crippen molar-refractivity contribution in [1.29, 1.82) is 0 Å². The number of nitrogens with zero attached hydrogens (tertiary/aromatic N) is 4. The highest BCUT2D eigenvalue weighted by molar-refractivity contribution is 5.85. The Kier molecular flexibility index (Phi) is 5.15. The number of aromatic nitrogens is 4. The van der Waals surface area contributed by atoms with Gasteiger partial charge in [0, 0.05) is 31.5 Å². The second-order valence-electron chi connectivity index (χ2n) is 3.95. The molecule has 0 aliphatic rings. The van der Waals surface area contributed by atoms with Gasteiger partial charge in [-0.2, -0.15) is 10.2 Å². The lowest BCUT2D eigenvalue weighted by Gasteiger charge is -2.01. The highest BCUT2D eigenvalue weighted by Crippen LogP contribution is 2.10. The smallest absolute Gasteiger partial charge is 0.109 e. The summed E-state index contributed by atoms with van der Waals surface area (Å²) in [6.45, 7) is 2.57. The van der Waals surface area contributed by atoms with Gasteiger partial charge in [0.05, 0.1) is 24.1 Å². The molecule has 5 nitrogen and oxygen atoms in total. The molecule has 2 aromatic heterocycles. The largest absolute Gasteiger partial charge is 0.378 e. The molecule has 0 amide bonds. The molecule has 2 heterocycles. The molecule has 0 aliphatic carbocycles. The molecule has 100 valence electrons. The molecule has 0 radical (unpaired) electrons. The minimum absolute atomic E-state index is 0. The summed E-state index contributed by atoms with van der Waals surface area (Å²) < 4.78 is 15.5. The Morgan fingerprint density at radius 3 is 2.78 bits per heavy atom. The van der Waals surface area contributed by atoms with E-state index in [1.54, 1.807) is 21.8 Å². The summed E-state index contributed by atoms with van der Waals surface area (Å²) >= 11 is 0.